The van der Waals surface area contributed by atoms with Crippen molar-refractivity contribution < 1.29 is 14.9 Å². The second-order valence-corrected chi connectivity index (χ2v) is 6.42. The van der Waals surface area contributed by atoms with Crippen LogP contribution >= 0.6 is 0 Å². The second kappa shape index (κ2) is 4.68. The van der Waals surface area contributed by atoms with Crippen LogP contribution in [0, 0.1) is 0 Å². The van der Waals surface area contributed by atoms with Gasteiger partial charge in [0.1, 0.15) is 11.5 Å². The summed E-state index contributed by atoms with van der Waals surface area (Å²) >= 11 is 0. The molecular formula is C19H16N2O3. The molecule has 2 heterocycles. The highest BCUT2D eigenvalue weighted by Gasteiger charge is 2.34. The summed E-state index contributed by atoms with van der Waals surface area (Å²) in [4.78, 5) is 9.67. The van der Waals surface area contributed by atoms with Gasteiger partial charge in [0, 0.05) is 29.0 Å². The zero-order valence-electron chi connectivity index (χ0n) is 13.0. The highest BCUT2D eigenvalue weighted by molar-refractivity contribution is 6.10. The van der Waals surface area contributed by atoms with Crippen LogP contribution in [0.15, 0.2) is 46.4 Å². The van der Waals surface area contributed by atoms with Crippen molar-refractivity contribution in [2.75, 3.05) is 13.2 Å². The van der Waals surface area contributed by atoms with Crippen LogP contribution in [-0.4, -0.2) is 29.1 Å². The van der Waals surface area contributed by atoms with Gasteiger partial charge in [-0.1, -0.05) is 24.3 Å². The molecule has 5 rings (SSSR count). The van der Waals surface area contributed by atoms with Gasteiger partial charge in [-0.2, -0.15) is 0 Å². The van der Waals surface area contributed by atoms with Crippen LogP contribution in [0.2, 0.25) is 0 Å². The van der Waals surface area contributed by atoms with Crippen molar-refractivity contribution in [1.29, 1.82) is 0 Å². The van der Waals surface area contributed by atoms with Gasteiger partial charge in [0.2, 0.25) is 0 Å². The second-order valence-electron chi connectivity index (χ2n) is 6.42. The number of hydrogen-bond donors (Lipinski definition) is 2. The maximum absolute atomic E-state index is 10.8. The molecule has 2 N–H and O–H groups in total. The molecular weight excluding hydrogens is 304 g/mol. The minimum absolute atomic E-state index is 0.151. The van der Waals surface area contributed by atoms with E-state index in [1.807, 2.05) is 24.3 Å². The number of hydrogen-bond acceptors (Lipinski definition) is 5. The Morgan fingerprint density at radius 2 is 1.54 bits per heavy atom. The first-order valence-corrected chi connectivity index (χ1v) is 8.11. The number of aromatic hydroxyl groups is 2. The van der Waals surface area contributed by atoms with Crippen molar-refractivity contribution in [3.8, 4) is 11.5 Å². The molecule has 1 spiro atoms. The maximum atomic E-state index is 10.8. The summed E-state index contributed by atoms with van der Waals surface area (Å²) in [5.74, 6) is 0.322. The molecule has 1 fully saturated rings. The standard InChI is InChI=1S/C19H16N2O3/c22-17-11-3-1-2-4-12(11)18(23)15-13(17)5-6-14-16(15)21-19(20-14)7-9-24-10-8-19/h1-6,22-23H,7-10H2. The molecule has 0 atom stereocenters. The Hall–Kier alpha value is -2.66. The van der Waals surface area contributed by atoms with E-state index in [4.69, 9.17) is 14.7 Å². The largest absolute Gasteiger partial charge is 0.507 e. The topological polar surface area (TPSA) is 74.4 Å². The van der Waals surface area contributed by atoms with Crippen LogP contribution in [0.3, 0.4) is 0 Å². The predicted molar refractivity (Wildman–Crippen MR) is 89.9 cm³/mol. The van der Waals surface area contributed by atoms with Gasteiger partial charge in [-0.05, 0) is 12.1 Å². The fourth-order valence-electron chi connectivity index (χ4n) is 3.78. The molecule has 0 aromatic heterocycles. The Balaban J connectivity index is 1.94. The molecule has 3 aromatic rings. The number of phenolic OH excluding ortho intramolecular Hbond substituents is 2. The minimum atomic E-state index is -0.484. The van der Waals surface area contributed by atoms with E-state index in [2.05, 4.69) is 0 Å². The van der Waals surface area contributed by atoms with Crippen molar-refractivity contribution in [3.63, 3.8) is 0 Å². The van der Waals surface area contributed by atoms with Gasteiger partial charge in [-0.15, -0.1) is 0 Å². The Morgan fingerprint density at radius 3 is 2.29 bits per heavy atom. The molecule has 0 saturated carbocycles. The molecule has 5 heteroatoms. The van der Waals surface area contributed by atoms with Crippen molar-refractivity contribution in [2.24, 2.45) is 9.98 Å². The molecule has 3 aromatic carbocycles. The summed E-state index contributed by atoms with van der Waals surface area (Å²) < 4.78 is 5.43. The molecule has 0 aliphatic carbocycles. The van der Waals surface area contributed by atoms with Crippen LogP contribution < -0.4 is 10.7 Å². The maximum Gasteiger partial charge on any atom is 0.156 e. The first-order valence-electron chi connectivity index (χ1n) is 8.11. The Morgan fingerprint density at radius 1 is 0.833 bits per heavy atom. The third-order valence-electron chi connectivity index (χ3n) is 5.03. The molecule has 24 heavy (non-hydrogen) atoms. The van der Waals surface area contributed by atoms with Crippen molar-refractivity contribution in [1.82, 2.24) is 0 Å². The third-order valence-corrected chi connectivity index (χ3v) is 5.03. The highest BCUT2D eigenvalue weighted by Crippen LogP contribution is 2.40. The quantitative estimate of drug-likeness (QED) is 0.492. The van der Waals surface area contributed by atoms with E-state index < -0.39 is 5.66 Å². The molecule has 2 aliphatic rings. The summed E-state index contributed by atoms with van der Waals surface area (Å²) in [7, 11) is 0. The SMILES string of the molecule is Oc1c2ccccc2c(O)c2c3c(ccc12)=NC1(CCOCC1)N=3. The summed E-state index contributed by atoms with van der Waals surface area (Å²) in [6.07, 6.45) is 1.48. The van der Waals surface area contributed by atoms with Crippen LogP contribution in [0.25, 0.3) is 21.5 Å². The fourth-order valence-corrected chi connectivity index (χ4v) is 3.78. The fraction of sp³-hybridized carbons (Fsp3) is 0.263. The van der Waals surface area contributed by atoms with Gasteiger partial charge in [-0.25, -0.2) is 0 Å². The lowest BCUT2D eigenvalue weighted by molar-refractivity contribution is 0.0566. The summed E-state index contributed by atoms with van der Waals surface area (Å²) in [6.45, 7) is 1.28. The molecule has 0 amide bonds. The zero-order chi connectivity index (χ0) is 16.3. The van der Waals surface area contributed by atoms with Gasteiger partial charge in [0.25, 0.3) is 0 Å². The van der Waals surface area contributed by atoms with E-state index in [9.17, 15) is 10.2 Å². The number of ether oxygens (including phenoxy) is 1. The van der Waals surface area contributed by atoms with Crippen LogP contribution in [-0.2, 0) is 4.74 Å². The van der Waals surface area contributed by atoms with Gasteiger partial charge in [0.05, 0.1) is 29.3 Å². The summed E-state index contributed by atoms with van der Waals surface area (Å²) in [5.41, 5.74) is -0.484. The Kier molecular flexibility index (Phi) is 2.68. The molecule has 5 nitrogen and oxygen atoms in total. The Labute approximate surface area is 137 Å². The lowest BCUT2D eigenvalue weighted by Crippen LogP contribution is -2.31. The van der Waals surface area contributed by atoms with E-state index in [1.165, 1.54) is 0 Å². The number of rotatable bonds is 0. The van der Waals surface area contributed by atoms with E-state index >= 15 is 0 Å². The number of fused-ring (bicyclic) bond motifs is 4. The number of benzene rings is 3. The van der Waals surface area contributed by atoms with Gasteiger partial charge < -0.3 is 14.9 Å². The summed E-state index contributed by atoms with van der Waals surface area (Å²) in [5, 5.41) is 25.4. The van der Waals surface area contributed by atoms with Gasteiger partial charge >= 0.3 is 0 Å². The normalized spacial score (nSPS) is 18.5. The van der Waals surface area contributed by atoms with Gasteiger partial charge in [0.15, 0.2) is 5.66 Å². The number of phenols is 2. The summed E-state index contributed by atoms with van der Waals surface area (Å²) in [6, 6.07) is 11.0. The zero-order valence-corrected chi connectivity index (χ0v) is 13.0. The number of nitrogens with zero attached hydrogens (tertiary/aromatic N) is 2. The van der Waals surface area contributed by atoms with E-state index in [0.29, 0.717) is 40.1 Å². The van der Waals surface area contributed by atoms with E-state index in [1.54, 1.807) is 12.1 Å². The van der Waals surface area contributed by atoms with Crippen LogP contribution in [0.4, 0.5) is 0 Å². The first-order chi connectivity index (χ1) is 11.7. The van der Waals surface area contributed by atoms with Crippen molar-refractivity contribution in [2.45, 2.75) is 18.5 Å². The Bertz CT molecular complexity index is 1120. The molecule has 0 radical (unpaired) electrons. The lowest BCUT2D eigenvalue weighted by Gasteiger charge is -2.27. The molecule has 0 unspecified atom stereocenters. The highest BCUT2D eigenvalue weighted by atomic mass is 16.5. The lowest BCUT2D eigenvalue weighted by atomic mass is 10.00. The average molecular weight is 320 g/mol. The van der Waals surface area contributed by atoms with Gasteiger partial charge in [-0.3, -0.25) is 9.98 Å². The smallest absolute Gasteiger partial charge is 0.156 e. The minimum Gasteiger partial charge on any atom is -0.507 e. The monoisotopic (exact) mass is 320 g/mol. The van der Waals surface area contributed by atoms with Crippen LogP contribution in [0.1, 0.15) is 12.8 Å². The third kappa shape index (κ3) is 1.73. The van der Waals surface area contributed by atoms with Crippen molar-refractivity contribution in [3.05, 3.63) is 47.1 Å². The molecule has 0 bridgehead atoms. The first kappa shape index (κ1) is 13.7. The van der Waals surface area contributed by atoms with E-state index in [0.717, 1.165) is 18.2 Å². The van der Waals surface area contributed by atoms with E-state index in [-0.39, 0.29) is 11.5 Å². The van der Waals surface area contributed by atoms with Crippen molar-refractivity contribution >= 4 is 21.5 Å². The van der Waals surface area contributed by atoms with Crippen LogP contribution in [0.5, 0.6) is 11.5 Å². The predicted octanol–water partition coefficient (Wildman–Crippen LogP) is 2.16. The molecule has 120 valence electrons. The molecule has 2 aliphatic heterocycles. The molecule has 1 saturated heterocycles. The average Bonchev–Trinajstić information content (AvgIpc) is 2.97.